The number of rotatable bonds is 7. The van der Waals surface area contributed by atoms with Crippen LogP contribution in [0.1, 0.15) is 26.7 Å². The maximum atomic E-state index is 11.7. The Bertz CT molecular complexity index is 163. The molecular weight excluding hydrogens is 190 g/mol. The molecule has 0 aromatic heterocycles. The molecule has 5 heteroatoms. The van der Waals surface area contributed by atoms with Crippen LogP contribution in [-0.4, -0.2) is 31.5 Å². The first-order chi connectivity index (χ1) is 6.52. The van der Waals surface area contributed by atoms with Crippen molar-refractivity contribution in [2.45, 2.75) is 39.2 Å². The highest BCUT2D eigenvalue weighted by molar-refractivity contribution is 5.75. The van der Waals surface area contributed by atoms with E-state index in [1.165, 1.54) is 0 Å². The zero-order valence-electron chi connectivity index (χ0n) is 8.65. The molecule has 0 aromatic rings. The van der Waals surface area contributed by atoms with Gasteiger partial charge in [-0.15, -0.1) is 0 Å². The molecule has 0 atom stereocenters. The molecule has 0 aliphatic heterocycles. The normalized spacial score (nSPS) is 11.0. The molecule has 0 unspecified atom stereocenters. The highest BCUT2D eigenvalue weighted by Crippen LogP contribution is 1.91. The lowest BCUT2D eigenvalue weighted by atomic mass is 10.2. The number of hydrogen-bond acceptors (Lipinski definition) is 2. The van der Waals surface area contributed by atoms with Gasteiger partial charge in [0.15, 0.2) is 0 Å². The molecule has 0 rings (SSSR count). The van der Waals surface area contributed by atoms with Crippen LogP contribution in [0.4, 0.5) is 8.78 Å². The minimum atomic E-state index is -2.47. The molecule has 0 radical (unpaired) electrons. The fraction of sp³-hybridized carbons (Fsp3) is 0.889. The Morgan fingerprint density at radius 2 is 2.00 bits per heavy atom. The average Bonchev–Trinajstić information content (AvgIpc) is 2.08. The summed E-state index contributed by atoms with van der Waals surface area (Å²) < 4.78 is 23.3. The summed E-state index contributed by atoms with van der Waals surface area (Å²) in [7, 11) is 0. The average molecular weight is 208 g/mol. The number of amides is 1. The third-order valence-corrected chi connectivity index (χ3v) is 1.59. The molecule has 0 spiro atoms. The summed E-state index contributed by atoms with van der Waals surface area (Å²) in [5.41, 5.74) is 0. The van der Waals surface area contributed by atoms with E-state index in [9.17, 15) is 13.6 Å². The number of hydrogen-bond donors (Lipinski definition) is 2. The van der Waals surface area contributed by atoms with Crippen molar-refractivity contribution in [1.29, 1.82) is 0 Å². The van der Waals surface area contributed by atoms with Crippen LogP contribution in [0, 0.1) is 0 Å². The van der Waals surface area contributed by atoms with E-state index >= 15 is 0 Å². The van der Waals surface area contributed by atoms with E-state index in [0.29, 0.717) is 18.9 Å². The molecule has 0 bridgehead atoms. The number of carbonyl (C=O) groups excluding carboxylic acids is 1. The molecular formula is C9H18F2N2O. The van der Waals surface area contributed by atoms with Crippen LogP contribution >= 0.6 is 0 Å². The standard InChI is InChI=1S/C9H18F2N2O/c1-7(2)12-5-3-4-9(14)13-6-8(10)11/h7-8,12H,3-6H2,1-2H3,(H,13,14). The molecule has 0 saturated heterocycles. The van der Waals surface area contributed by atoms with Gasteiger partial charge in [-0.1, -0.05) is 13.8 Å². The van der Waals surface area contributed by atoms with Crippen LogP contribution in [0.25, 0.3) is 0 Å². The molecule has 84 valence electrons. The second-order valence-corrected chi connectivity index (χ2v) is 3.41. The van der Waals surface area contributed by atoms with Crippen molar-refractivity contribution < 1.29 is 13.6 Å². The van der Waals surface area contributed by atoms with Crippen molar-refractivity contribution in [2.24, 2.45) is 0 Å². The van der Waals surface area contributed by atoms with Crippen molar-refractivity contribution in [3.63, 3.8) is 0 Å². The monoisotopic (exact) mass is 208 g/mol. The van der Waals surface area contributed by atoms with Gasteiger partial charge in [-0.3, -0.25) is 4.79 Å². The number of carbonyl (C=O) groups is 1. The first kappa shape index (κ1) is 13.3. The summed E-state index contributed by atoms with van der Waals surface area (Å²) in [5.74, 6) is -0.309. The fourth-order valence-electron chi connectivity index (χ4n) is 0.919. The summed E-state index contributed by atoms with van der Waals surface area (Å²) in [6.07, 6.45) is -1.49. The van der Waals surface area contributed by atoms with Gasteiger partial charge in [0.05, 0.1) is 6.54 Å². The Hall–Kier alpha value is -0.710. The van der Waals surface area contributed by atoms with Gasteiger partial charge in [-0.05, 0) is 13.0 Å². The van der Waals surface area contributed by atoms with Crippen LogP contribution < -0.4 is 10.6 Å². The van der Waals surface area contributed by atoms with Gasteiger partial charge in [-0.25, -0.2) is 8.78 Å². The van der Waals surface area contributed by atoms with Gasteiger partial charge < -0.3 is 10.6 Å². The Balaban J connectivity index is 3.27. The molecule has 3 nitrogen and oxygen atoms in total. The lowest BCUT2D eigenvalue weighted by Gasteiger charge is -2.07. The van der Waals surface area contributed by atoms with Crippen molar-refractivity contribution in [3.8, 4) is 0 Å². The summed E-state index contributed by atoms with van der Waals surface area (Å²) in [5, 5.41) is 5.29. The predicted molar refractivity (Wildman–Crippen MR) is 51.4 cm³/mol. The third-order valence-electron chi connectivity index (χ3n) is 1.59. The Morgan fingerprint density at radius 1 is 1.36 bits per heavy atom. The maximum Gasteiger partial charge on any atom is 0.255 e. The zero-order valence-corrected chi connectivity index (χ0v) is 8.65. The van der Waals surface area contributed by atoms with Gasteiger partial charge >= 0.3 is 0 Å². The third kappa shape index (κ3) is 9.38. The molecule has 0 fully saturated rings. The topological polar surface area (TPSA) is 41.1 Å². The minimum absolute atomic E-state index is 0.298. The second kappa shape index (κ2) is 7.67. The minimum Gasteiger partial charge on any atom is -0.350 e. The maximum absolute atomic E-state index is 11.7. The smallest absolute Gasteiger partial charge is 0.255 e. The van der Waals surface area contributed by atoms with E-state index in [4.69, 9.17) is 0 Å². The van der Waals surface area contributed by atoms with Crippen LogP contribution in [0.3, 0.4) is 0 Å². The summed E-state index contributed by atoms with van der Waals surface area (Å²) in [6.45, 7) is 4.21. The second-order valence-electron chi connectivity index (χ2n) is 3.41. The summed E-state index contributed by atoms with van der Waals surface area (Å²) in [4.78, 5) is 10.9. The van der Waals surface area contributed by atoms with Crippen molar-refractivity contribution in [3.05, 3.63) is 0 Å². The van der Waals surface area contributed by atoms with E-state index in [0.717, 1.165) is 6.54 Å². The molecule has 0 aliphatic rings. The van der Waals surface area contributed by atoms with Crippen molar-refractivity contribution >= 4 is 5.91 Å². The first-order valence-electron chi connectivity index (χ1n) is 4.80. The van der Waals surface area contributed by atoms with Gasteiger partial charge in [0.2, 0.25) is 5.91 Å². The molecule has 0 aliphatic carbocycles. The number of alkyl halides is 2. The van der Waals surface area contributed by atoms with Gasteiger partial charge in [0.1, 0.15) is 0 Å². The summed E-state index contributed by atoms with van der Waals surface area (Å²) >= 11 is 0. The van der Waals surface area contributed by atoms with Crippen LogP contribution in [0.2, 0.25) is 0 Å². The van der Waals surface area contributed by atoms with Crippen molar-refractivity contribution in [2.75, 3.05) is 13.1 Å². The first-order valence-corrected chi connectivity index (χ1v) is 4.80. The van der Waals surface area contributed by atoms with Crippen molar-refractivity contribution in [1.82, 2.24) is 10.6 Å². The Kier molecular flexibility index (Phi) is 7.28. The molecule has 14 heavy (non-hydrogen) atoms. The van der Waals surface area contributed by atoms with E-state index < -0.39 is 13.0 Å². The van der Waals surface area contributed by atoms with E-state index in [1.54, 1.807) is 0 Å². The molecule has 0 heterocycles. The Labute approximate surface area is 83.3 Å². The van der Waals surface area contributed by atoms with Crippen LogP contribution in [-0.2, 0) is 4.79 Å². The van der Waals surface area contributed by atoms with Gasteiger partial charge in [0.25, 0.3) is 6.43 Å². The highest BCUT2D eigenvalue weighted by Gasteiger charge is 2.05. The molecule has 0 saturated carbocycles. The largest absolute Gasteiger partial charge is 0.350 e. The van der Waals surface area contributed by atoms with Crippen LogP contribution in [0.5, 0.6) is 0 Å². The number of halogens is 2. The Morgan fingerprint density at radius 3 is 2.50 bits per heavy atom. The molecule has 1 amide bonds. The predicted octanol–water partition coefficient (Wildman–Crippen LogP) is 1.15. The lowest BCUT2D eigenvalue weighted by Crippen LogP contribution is -2.30. The fourth-order valence-corrected chi connectivity index (χ4v) is 0.919. The molecule has 0 aromatic carbocycles. The SMILES string of the molecule is CC(C)NCCCC(=O)NCC(F)F. The quantitative estimate of drug-likeness (QED) is 0.616. The van der Waals surface area contributed by atoms with Crippen LogP contribution in [0.15, 0.2) is 0 Å². The zero-order chi connectivity index (χ0) is 11.0. The van der Waals surface area contributed by atoms with E-state index in [-0.39, 0.29) is 5.91 Å². The highest BCUT2D eigenvalue weighted by atomic mass is 19.3. The van der Waals surface area contributed by atoms with E-state index in [2.05, 4.69) is 10.6 Å². The summed E-state index contributed by atoms with van der Waals surface area (Å²) in [6, 6.07) is 0.388. The molecule has 2 N–H and O–H groups in total. The number of nitrogens with one attached hydrogen (secondary N) is 2. The van der Waals surface area contributed by atoms with E-state index in [1.807, 2.05) is 13.8 Å². The van der Waals surface area contributed by atoms with Gasteiger partial charge in [-0.2, -0.15) is 0 Å². The lowest BCUT2D eigenvalue weighted by molar-refractivity contribution is -0.121. The van der Waals surface area contributed by atoms with Gasteiger partial charge in [0, 0.05) is 12.5 Å².